The average molecular weight is 541 g/mol. The van der Waals surface area contributed by atoms with E-state index in [9.17, 15) is 4.79 Å². The Hall–Kier alpha value is -3.75. The number of methoxy groups -OCH3 is 2. The smallest absolute Gasteiger partial charge is 0.336 e. The topological polar surface area (TPSA) is 87.5 Å². The molecule has 0 saturated heterocycles. The third-order valence-corrected chi connectivity index (χ3v) is 6.03. The Bertz CT molecular complexity index is 1380. The lowest BCUT2D eigenvalue weighted by Crippen LogP contribution is -2.12. The third kappa shape index (κ3) is 6.34. The summed E-state index contributed by atoms with van der Waals surface area (Å²) in [6.45, 7) is 4.57. The summed E-state index contributed by atoms with van der Waals surface area (Å²) >= 11 is 12.4. The van der Waals surface area contributed by atoms with Crippen LogP contribution in [0.15, 0.2) is 60.7 Å². The molecular formula is C27H26Cl2N4O4. The number of benzene rings is 3. The minimum Gasteiger partial charge on any atom is -0.497 e. The van der Waals surface area contributed by atoms with Gasteiger partial charge in [-0.15, -0.1) is 5.10 Å². The van der Waals surface area contributed by atoms with Crippen LogP contribution in [0.1, 0.15) is 24.2 Å². The minimum absolute atomic E-state index is 0.249. The van der Waals surface area contributed by atoms with E-state index in [1.807, 2.05) is 32.0 Å². The number of carbonyl (C=O) groups is 1. The molecule has 1 amide bonds. The Labute approximate surface area is 225 Å². The van der Waals surface area contributed by atoms with Crippen LogP contribution >= 0.6 is 23.2 Å². The number of nitrogens with zero attached hydrogens (tertiary/aromatic N) is 3. The van der Waals surface area contributed by atoms with Gasteiger partial charge in [-0.05, 0) is 60.5 Å². The molecule has 192 valence electrons. The highest BCUT2D eigenvalue weighted by atomic mass is 35.5. The summed E-state index contributed by atoms with van der Waals surface area (Å²) in [5.74, 6) is 1.60. The highest BCUT2D eigenvalue weighted by Gasteiger charge is 2.17. The zero-order chi connectivity index (χ0) is 26.5. The number of hydrogen-bond acceptors (Lipinski definition) is 6. The van der Waals surface area contributed by atoms with Crippen LogP contribution in [0.25, 0.3) is 17.1 Å². The monoisotopic (exact) mass is 540 g/mol. The zero-order valence-electron chi connectivity index (χ0n) is 20.8. The molecule has 10 heteroatoms. The molecule has 4 aromatic rings. The molecule has 1 N–H and O–H groups in total. The third-order valence-electron chi connectivity index (χ3n) is 5.29. The maximum atomic E-state index is 12.8. The number of anilines is 1. The van der Waals surface area contributed by atoms with E-state index < -0.39 is 0 Å². The maximum Gasteiger partial charge on any atom is 0.336 e. The van der Waals surface area contributed by atoms with E-state index in [2.05, 4.69) is 15.4 Å². The van der Waals surface area contributed by atoms with Gasteiger partial charge in [-0.2, -0.15) is 4.98 Å². The fourth-order valence-corrected chi connectivity index (χ4v) is 3.72. The number of ether oxygens (including phenoxy) is 3. The standard InChI is InChI=1S/C27H26Cl2N4O4/c1-16(2)15-37-27-31-25(17-5-10-23(28)24(29)13-17)33(32-27)20-8-6-19(7-9-20)30-26(34)18-11-21(35-3)14-22(12-18)36-4/h5-14,16H,15H2,1-4H3,(H,30,34). The fraction of sp³-hybridized carbons (Fsp3) is 0.222. The molecule has 0 saturated carbocycles. The van der Waals surface area contributed by atoms with E-state index in [1.54, 1.807) is 47.1 Å². The van der Waals surface area contributed by atoms with Crippen molar-refractivity contribution in [3.05, 3.63) is 76.3 Å². The van der Waals surface area contributed by atoms with Gasteiger partial charge in [-0.1, -0.05) is 37.0 Å². The molecule has 0 spiro atoms. The number of amides is 1. The Kier molecular flexibility index (Phi) is 8.21. The quantitative estimate of drug-likeness (QED) is 0.259. The summed E-state index contributed by atoms with van der Waals surface area (Å²) in [6.07, 6.45) is 0. The molecule has 8 nitrogen and oxygen atoms in total. The molecule has 1 aromatic heterocycles. The lowest BCUT2D eigenvalue weighted by atomic mass is 10.1. The number of hydrogen-bond donors (Lipinski definition) is 1. The molecule has 0 fully saturated rings. The molecule has 37 heavy (non-hydrogen) atoms. The van der Waals surface area contributed by atoms with Crippen molar-refractivity contribution in [1.82, 2.24) is 14.8 Å². The highest BCUT2D eigenvalue weighted by Crippen LogP contribution is 2.30. The molecule has 1 heterocycles. The predicted molar refractivity (Wildman–Crippen MR) is 145 cm³/mol. The van der Waals surface area contributed by atoms with Crippen LogP contribution in [-0.2, 0) is 0 Å². The second-order valence-electron chi connectivity index (χ2n) is 8.57. The second-order valence-corrected chi connectivity index (χ2v) is 9.38. The first-order valence-electron chi connectivity index (χ1n) is 11.5. The van der Waals surface area contributed by atoms with Crippen molar-refractivity contribution in [2.75, 3.05) is 26.1 Å². The second kappa shape index (κ2) is 11.5. The first-order chi connectivity index (χ1) is 17.8. The lowest BCUT2D eigenvalue weighted by Gasteiger charge is -2.10. The van der Waals surface area contributed by atoms with Crippen molar-refractivity contribution in [2.24, 2.45) is 5.92 Å². The van der Waals surface area contributed by atoms with Crippen LogP contribution in [0.5, 0.6) is 17.5 Å². The van der Waals surface area contributed by atoms with Crippen molar-refractivity contribution in [2.45, 2.75) is 13.8 Å². The first-order valence-corrected chi connectivity index (χ1v) is 12.2. The largest absolute Gasteiger partial charge is 0.497 e. The Morgan fingerprint density at radius 1 is 0.946 bits per heavy atom. The summed E-state index contributed by atoms with van der Waals surface area (Å²) in [6, 6.07) is 17.7. The number of rotatable bonds is 9. The van der Waals surface area contributed by atoms with Gasteiger partial charge in [-0.3, -0.25) is 4.79 Å². The van der Waals surface area contributed by atoms with Crippen LogP contribution in [0.2, 0.25) is 10.0 Å². The highest BCUT2D eigenvalue weighted by molar-refractivity contribution is 6.42. The van der Waals surface area contributed by atoms with E-state index in [1.165, 1.54) is 14.2 Å². The van der Waals surface area contributed by atoms with Crippen LogP contribution in [-0.4, -0.2) is 41.5 Å². The van der Waals surface area contributed by atoms with Crippen LogP contribution in [0.4, 0.5) is 5.69 Å². The minimum atomic E-state index is -0.299. The Morgan fingerprint density at radius 2 is 1.62 bits per heavy atom. The zero-order valence-corrected chi connectivity index (χ0v) is 22.3. The van der Waals surface area contributed by atoms with Gasteiger partial charge in [-0.25, -0.2) is 4.68 Å². The Morgan fingerprint density at radius 3 is 2.22 bits per heavy atom. The molecule has 0 atom stereocenters. The fourth-order valence-electron chi connectivity index (χ4n) is 3.43. The van der Waals surface area contributed by atoms with Gasteiger partial charge in [0.1, 0.15) is 11.5 Å². The van der Waals surface area contributed by atoms with Crippen LogP contribution in [0.3, 0.4) is 0 Å². The van der Waals surface area contributed by atoms with Gasteiger partial charge < -0.3 is 19.5 Å². The normalized spacial score (nSPS) is 10.9. The van der Waals surface area contributed by atoms with Gasteiger partial charge in [0.15, 0.2) is 5.82 Å². The van der Waals surface area contributed by atoms with Gasteiger partial charge in [0.2, 0.25) is 0 Å². The van der Waals surface area contributed by atoms with E-state index in [4.69, 9.17) is 37.4 Å². The van der Waals surface area contributed by atoms with Gasteiger partial charge in [0.25, 0.3) is 5.91 Å². The predicted octanol–water partition coefficient (Wildman–Crippen LogP) is 6.55. The molecule has 0 radical (unpaired) electrons. The molecule has 0 aliphatic carbocycles. The van der Waals surface area contributed by atoms with Crippen molar-refractivity contribution >= 4 is 34.8 Å². The van der Waals surface area contributed by atoms with E-state index in [0.717, 1.165) is 5.56 Å². The van der Waals surface area contributed by atoms with Crippen LogP contribution in [0, 0.1) is 5.92 Å². The Balaban J connectivity index is 1.61. The summed E-state index contributed by atoms with van der Waals surface area (Å²) in [5, 5.41) is 8.29. The lowest BCUT2D eigenvalue weighted by molar-refractivity contribution is 0.102. The molecule has 0 bridgehead atoms. The first kappa shape index (κ1) is 26.3. The summed E-state index contributed by atoms with van der Waals surface area (Å²) in [7, 11) is 3.07. The number of nitrogens with one attached hydrogen (secondary N) is 1. The van der Waals surface area contributed by atoms with E-state index in [0.29, 0.717) is 56.8 Å². The van der Waals surface area contributed by atoms with Crippen LogP contribution < -0.4 is 19.5 Å². The van der Waals surface area contributed by atoms with Gasteiger partial charge in [0, 0.05) is 22.9 Å². The average Bonchev–Trinajstić information content (AvgIpc) is 3.33. The molecule has 0 aliphatic rings. The van der Waals surface area contributed by atoms with Crippen molar-refractivity contribution in [1.29, 1.82) is 0 Å². The SMILES string of the molecule is COc1cc(OC)cc(C(=O)Nc2ccc(-n3nc(OCC(C)C)nc3-c3ccc(Cl)c(Cl)c3)cc2)c1. The molecule has 4 rings (SSSR count). The van der Waals surface area contributed by atoms with Crippen molar-refractivity contribution < 1.29 is 19.0 Å². The summed E-state index contributed by atoms with van der Waals surface area (Å²) in [4.78, 5) is 17.4. The van der Waals surface area contributed by atoms with Crippen molar-refractivity contribution in [3.8, 4) is 34.6 Å². The molecule has 0 unspecified atom stereocenters. The van der Waals surface area contributed by atoms with Crippen molar-refractivity contribution in [3.63, 3.8) is 0 Å². The van der Waals surface area contributed by atoms with Gasteiger partial charge >= 0.3 is 6.01 Å². The summed E-state index contributed by atoms with van der Waals surface area (Å²) < 4.78 is 17.9. The summed E-state index contributed by atoms with van der Waals surface area (Å²) in [5.41, 5.74) is 2.45. The molecule has 0 aliphatic heterocycles. The van der Waals surface area contributed by atoms with E-state index in [-0.39, 0.29) is 11.9 Å². The molecular weight excluding hydrogens is 515 g/mol. The molecule has 3 aromatic carbocycles. The number of carbonyl (C=O) groups excluding carboxylic acids is 1. The van der Waals surface area contributed by atoms with E-state index >= 15 is 0 Å². The van der Waals surface area contributed by atoms with Gasteiger partial charge in [0.05, 0.1) is 36.6 Å². The number of halogens is 2. The number of aromatic nitrogens is 3. The maximum absolute atomic E-state index is 12.8.